The van der Waals surface area contributed by atoms with Crippen LogP contribution in [0.25, 0.3) is 5.65 Å². The van der Waals surface area contributed by atoms with Gasteiger partial charge in [0, 0.05) is 44.9 Å². The Morgan fingerprint density at radius 3 is 3.06 bits per heavy atom. The van der Waals surface area contributed by atoms with Crippen LogP contribution in [0.3, 0.4) is 0 Å². The maximum atomic E-state index is 10.3. The van der Waals surface area contributed by atoms with E-state index in [-0.39, 0.29) is 0 Å². The highest BCUT2D eigenvalue weighted by molar-refractivity contribution is 5.45. The Kier molecular flexibility index (Phi) is 2.89. The van der Waals surface area contributed by atoms with Gasteiger partial charge in [-0.2, -0.15) is 5.10 Å². The fourth-order valence-electron chi connectivity index (χ4n) is 2.09. The molecular formula is C12H16N4O2. The molecule has 6 heteroatoms. The van der Waals surface area contributed by atoms with Gasteiger partial charge >= 0.3 is 0 Å². The van der Waals surface area contributed by atoms with Gasteiger partial charge in [-0.15, -0.1) is 0 Å². The van der Waals surface area contributed by atoms with Crippen LogP contribution < -0.4 is 5.32 Å². The van der Waals surface area contributed by atoms with Gasteiger partial charge in [-0.05, 0) is 6.07 Å². The van der Waals surface area contributed by atoms with Crippen LogP contribution in [0.15, 0.2) is 24.5 Å². The molecule has 0 spiro atoms. The molecule has 0 amide bonds. The number of hydrogen-bond donors (Lipinski definition) is 2. The minimum Gasteiger partial charge on any atom is -0.388 e. The van der Waals surface area contributed by atoms with Gasteiger partial charge in [0.25, 0.3) is 0 Å². The van der Waals surface area contributed by atoms with Gasteiger partial charge in [0.2, 0.25) is 0 Å². The molecule has 0 bridgehead atoms. The average Bonchev–Trinajstić information content (AvgIpc) is 2.85. The van der Waals surface area contributed by atoms with Gasteiger partial charge < -0.3 is 15.2 Å². The summed E-state index contributed by atoms with van der Waals surface area (Å²) in [6.45, 7) is 1.73. The van der Waals surface area contributed by atoms with Crippen LogP contribution in [0, 0.1) is 0 Å². The third-order valence-corrected chi connectivity index (χ3v) is 3.28. The van der Waals surface area contributed by atoms with E-state index >= 15 is 0 Å². The van der Waals surface area contributed by atoms with Gasteiger partial charge in [0.05, 0.1) is 11.8 Å². The van der Waals surface area contributed by atoms with E-state index in [9.17, 15) is 5.11 Å². The highest BCUT2D eigenvalue weighted by Gasteiger charge is 2.29. The molecule has 0 unspecified atom stereocenters. The summed E-state index contributed by atoms with van der Waals surface area (Å²) in [5, 5.41) is 17.6. The molecule has 0 saturated carbocycles. The molecule has 1 aliphatic heterocycles. The number of nitrogens with zero attached hydrogens (tertiary/aromatic N) is 3. The Balaban J connectivity index is 1.68. The predicted octanol–water partition coefficient (Wildman–Crippen LogP) is 0.683. The zero-order chi connectivity index (χ0) is 12.4. The quantitative estimate of drug-likeness (QED) is 0.836. The number of hydrogen-bond acceptors (Lipinski definition) is 5. The predicted molar refractivity (Wildman–Crippen MR) is 66.5 cm³/mol. The van der Waals surface area contributed by atoms with Crippen LogP contribution in [-0.4, -0.2) is 45.1 Å². The van der Waals surface area contributed by atoms with E-state index in [0.717, 1.165) is 11.5 Å². The van der Waals surface area contributed by atoms with Crippen molar-refractivity contribution in [2.75, 3.05) is 25.1 Å². The number of fused-ring (bicyclic) bond motifs is 1. The molecule has 18 heavy (non-hydrogen) atoms. The molecular weight excluding hydrogens is 232 g/mol. The Labute approximate surface area is 105 Å². The van der Waals surface area contributed by atoms with Gasteiger partial charge in [0.1, 0.15) is 5.82 Å². The van der Waals surface area contributed by atoms with E-state index in [4.69, 9.17) is 4.74 Å². The van der Waals surface area contributed by atoms with E-state index in [1.165, 1.54) is 0 Å². The summed E-state index contributed by atoms with van der Waals surface area (Å²) in [6.07, 6.45) is 4.88. The molecule has 1 fully saturated rings. The van der Waals surface area contributed by atoms with Crippen molar-refractivity contribution in [2.24, 2.45) is 0 Å². The Morgan fingerprint density at radius 2 is 2.22 bits per heavy atom. The minimum atomic E-state index is -0.688. The van der Waals surface area contributed by atoms with Crippen molar-refractivity contribution in [3.05, 3.63) is 24.5 Å². The van der Waals surface area contributed by atoms with Crippen molar-refractivity contribution in [3.8, 4) is 0 Å². The van der Waals surface area contributed by atoms with Crippen LogP contribution in [0.1, 0.15) is 12.8 Å². The van der Waals surface area contributed by atoms with Crippen molar-refractivity contribution in [3.63, 3.8) is 0 Å². The molecule has 96 valence electrons. The van der Waals surface area contributed by atoms with Crippen molar-refractivity contribution in [2.45, 2.75) is 18.4 Å². The monoisotopic (exact) mass is 248 g/mol. The Hall–Kier alpha value is -1.66. The molecule has 0 aliphatic carbocycles. The van der Waals surface area contributed by atoms with Crippen LogP contribution in [-0.2, 0) is 4.74 Å². The van der Waals surface area contributed by atoms with E-state index in [1.807, 2.05) is 18.3 Å². The fraction of sp³-hybridized carbons (Fsp3) is 0.500. The van der Waals surface area contributed by atoms with Crippen molar-refractivity contribution in [1.82, 2.24) is 14.6 Å². The summed E-state index contributed by atoms with van der Waals surface area (Å²) in [4.78, 5) is 4.40. The SMILES string of the molecule is OC1(CNc2ccn3nccc3n2)CCOCC1. The highest BCUT2D eigenvalue weighted by Crippen LogP contribution is 2.20. The topological polar surface area (TPSA) is 71.7 Å². The number of anilines is 1. The summed E-state index contributed by atoms with van der Waals surface area (Å²) < 4.78 is 6.95. The van der Waals surface area contributed by atoms with Crippen LogP contribution in [0.4, 0.5) is 5.82 Å². The zero-order valence-electron chi connectivity index (χ0n) is 10.0. The summed E-state index contributed by atoms with van der Waals surface area (Å²) >= 11 is 0. The first-order valence-electron chi connectivity index (χ1n) is 6.10. The normalized spacial score (nSPS) is 18.9. The number of aromatic nitrogens is 3. The summed E-state index contributed by atoms with van der Waals surface area (Å²) in [5.74, 6) is 0.753. The summed E-state index contributed by atoms with van der Waals surface area (Å²) in [6, 6.07) is 3.69. The second-order valence-corrected chi connectivity index (χ2v) is 4.64. The lowest BCUT2D eigenvalue weighted by molar-refractivity contribution is -0.0543. The number of ether oxygens (including phenoxy) is 1. The van der Waals surface area contributed by atoms with Crippen LogP contribution >= 0.6 is 0 Å². The molecule has 0 aromatic carbocycles. The molecule has 0 atom stereocenters. The number of rotatable bonds is 3. The lowest BCUT2D eigenvalue weighted by Crippen LogP contribution is -2.42. The summed E-state index contributed by atoms with van der Waals surface area (Å²) in [5.41, 5.74) is 0.103. The standard InChI is InChI=1S/C12H16N4O2/c17-12(3-7-18-8-4-12)9-13-10-2-6-16-11(15-10)1-5-14-16/h1-2,5-6,17H,3-4,7-9H2,(H,13,15). The maximum absolute atomic E-state index is 10.3. The smallest absolute Gasteiger partial charge is 0.157 e. The molecule has 2 aromatic heterocycles. The van der Waals surface area contributed by atoms with Gasteiger partial charge in [-0.1, -0.05) is 0 Å². The zero-order valence-corrected chi connectivity index (χ0v) is 10.0. The van der Waals surface area contributed by atoms with Gasteiger partial charge in [-0.3, -0.25) is 0 Å². The van der Waals surface area contributed by atoms with Crippen molar-refractivity contribution >= 4 is 11.5 Å². The Morgan fingerprint density at radius 1 is 1.39 bits per heavy atom. The first-order chi connectivity index (χ1) is 8.75. The van der Waals surface area contributed by atoms with Crippen molar-refractivity contribution < 1.29 is 9.84 Å². The largest absolute Gasteiger partial charge is 0.388 e. The van der Waals surface area contributed by atoms with Crippen molar-refractivity contribution in [1.29, 1.82) is 0 Å². The molecule has 3 rings (SSSR count). The van der Waals surface area contributed by atoms with Crippen LogP contribution in [0.2, 0.25) is 0 Å². The minimum absolute atomic E-state index is 0.494. The lowest BCUT2D eigenvalue weighted by Gasteiger charge is -2.32. The third-order valence-electron chi connectivity index (χ3n) is 3.28. The first kappa shape index (κ1) is 11.4. The highest BCUT2D eigenvalue weighted by atomic mass is 16.5. The van der Waals surface area contributed by atoms with Gasteiger partial charge in [-0.25, -0.2) is 9.50 Å². The molecule has 3 heterocycles. The second-order valence-electron chi connectivity index (χ2n) is 4.64. The molecule has 2 N–H and O–H groups in total. The van der Waals surface area contributed by atoms with E-state index in [2.05, 4.69) is 15.4 Å². The van der Waals surface area contributed by atoms with Crippen LogP contribution in [0.5, 0.6) is 0 Å². The maximum Gasteiger partial charge on any atom is 0.157 e. The Bertz CT molecular complexity index is 534. The molecule has 0 radical (unpaired) electrons. The molecule has 2 aromatic rings. The van der Waals surface area contributed by atoms with E-state index in [1.54, 1.807) is 10.7 Å². The average molecular weight is 248 g/mol. The molecule has 6 nitrogen and oxygen atoms in total. The van der Waals surface area contributed by atoms with E-state index in [0.29, 0.717) is 32.6 Å². The number of aliphatic hydroxyl groups is 1. The van der Waals surface area contributed by atoms with Gasteiger partial charge in [0.15, 0.2) is 5.65 Å². The lowest BCUT2D eigenvalue weighted by atomic mass is 9.94. The fourth-order valence-corrected chi connectivity index (χ4v) is 2.09. The van der Waals surface area contributed by atoms with E-state index < -0.39 is 5.60 Å². The molecule has 1 aliphatic rings. The molecule has 1 saturated heterocycles. The second kappa shape index (κ2) is 4.55. The first-order valence-corrected chi connectivity index (χ1v) is 6.10. The third kappa shape index (κ3) is 2.30. The summed E-state index contributed by atoms with van der Waals surface area (Å²) in [7, 11) is 0. The number of nitrogens with one attached hydrogen (secondary N) is 1.